The number of hydrogen-bond donors (Lipinski definition) is 2. The van der Waals surface area contributed by atoms with Gasteiger partial charge in [0, 0.05) is 40.7 Å². The Morgan fingerprint density at radius 1 is 1.22 bits per heavy atom. The molecule has 0 amide bonds. The van der Waals surface area contributed by atoms with Gasteiger partial charge in [0.25, 0.3) is 0 Å². The van der Waals surface area contributed by atoms with Crippen LogP contribution in [-0.2, 0) is 14.9 Å². The van der Waals surface area contributed by atoms with Gasteiger partial charge in [0.05, 0.1) is 29.3 Å². The molecule has 6 nitrogen and oxygen atoms in total. The number of aromatic nitrogens is 3. The Kier molecular flexibility index (Phi) is 5.90. The summed E-state index contributed by atoms with van der Waals surface area (Å²) in [4.78, 5) is 11.9. The summed E-state index contributed by atoms with van der Waals surface area (Å²) in [7, 11) is 1.65. The van der Waals surface area contributed by atoms with Gasteiger partial charge in [0.1, 0.15) is 0 Å². The van der Waals surface area contributed by atoms with E-state index in [1.807, 2.05) is 17.6 Å². The Morgan fingerprint density at radius 2 is 1.94 bits per heavy atom. The predicted octanol–water partition coefficient (Wildman–Crippen LogP) is 6.46. The second-order valence-corrected chi connectivity index (χ2v) is 11.0. The summed E-state index contributed by atoms with van der Waals surface area (Å²) in [6.07, 6.45) is 4.33. The van der Waals surface area contributed by atoms with Crippen LogP contribution in [-0.4, -0.2) is 39.6 Å². The molecule has 4 aromatic rings. The minimum Gasteiger partial charge on any atom is -0.481 e. The van der Waals surface area contributed by atoms with Gasteiger partial charge in [-0.05, 0) is 68.4 Å². The Labute approximate surface area is 208 Å². The van der Waals surface area contributed by atoms with Crippen LogP contribution in [0.25, 0.3) is 27.5 Å². The lowest BCUT2D eigenvalue weighted by atomic mass is 9.68. The maximum absolute atomic E-state index is 14.5. The van der Waals surface area contributed by atoms with Gasteiger partial charge < -0.3 is 14.4 Å². The summed E-state index contributed by atoms with van der Waals surface area (Å²) in [5, 5.41) is 18.9. The molecule has 0 atom stereocenters. The van der Waals surface area contributed by atoms with E-state index in [1.165, 1.54) is 6.07 Å². The zero-order valence-corrected chi connectivity index (χ0v) is 21.0. The highest BCUT2D eigenvalue weighted by Gasteiger charge is 2.41. The van der Waals surface area contributed by atoms with E-state index in [2.05, 4.69) is 30.1 Å². The van der Waals surface area contributed by atoms with Crippen molar-refractivity contribution in [3.05, 3.63) is 59.4 Å². The highest BCUT2D eigenvalue weighted by Crippen LogP contribution is 2.49. The summed E-state index contributed by atoms with van der Waals surface area (Å²) in [6, 6.07) is 8.07. The molecule has 1 aliphatic carbocycles. The summed E-state index contributed by atoms with van der Waals surface area (Å²) in [5.41, 5.74) is 3.14. The van der Waals surface area contributed by atoms with Gasteiger partial charge in [-0.3, -0.25) is 9.89 Å². The SMILES string of the molecule is COCC(C)(C)c1c(C2CCC(C)(C(=O)O)CC2)c2cc3[nH]ncc3cc2n1-c1ccc(F)c(F)c1. The highest BCUT2D eigenvalue weighted by molar-refractivity contribution is 5.99. The van der Waals surface area contributed by atoms with E-state index in [4.69, 9.17) is 4.74 Å². The summed E-state index contributed by atoms with van der Waals surface area (Å²) in [5.74, 6) is -2.46. The normalized spacial score (nSPS) is 20.9. The molecule has 2 aromatic carbocycles. The van der Waals surface area contributed by atoms with Crippen LogP contribution < -0.4 is 0 Å². The second kappa shape index (κ2) is 8.69. The molecule has 2 N–H and O–H groups in total. The third-order valence-corrected chi connectivity index (χ3v) is 7.89. The quantitative estimate of drug-likeness (QED) is 0.322. The number of benzene rings is 2. The molecule has 1 saturated carbocycles. The highest BCUT2D eigenvalue weighted by atomic mass is 19.2. The Hall–Kier alpha value is -3.26. The van der Waals surface area contributed by atoms with Crippen LogP contribution >= 0.6 is 0 Å². The fraction of sp³-hybridized carbons (Fsp3) is 0.429. The molecular formula is C28H31F2N3O3. The lowest BCUT2D eigenvalue weighted by Crippen LogP contribution is -2.33. The molecule has 1 aliphatic rings. The molecule has 36 heavy (non-hydrogen) atoms. The molecule has 1 fully saturated rings. The van der Waals surface area contributed by atoms with Crippen LogP contribution in [0.4, 0.5) is 8.78 Å². The predicted molar refractivity (Wildman–Crippen MR) is 135 cm³/mol. The molecule has 2 heterocycles. The number of halogens is 2. The van der Waals surface area contributed by atoms with Crippen LogP contribution in [0, 0.1) is 17.0 Å². The van der Waals surface area contributed by atoms with Crippen LogP contribution in [0.2, 0.25) is 0 Å². The monoisotopic (exact) mass is 495 g/mol. The Morgan fingerprint density at radius 3 is 2.58 bits per heavy atom. The zero-order chi connectivity index (χ0) is 25.8. The number of methoxy groups -OCH3 is 1. The van der Waals surface area contributed by atoms with E-state index >= 15 is 0 Å². The molecule has 5 rings (SSSR count). The first-order valence-electron chi connectivity index (χ1n) is 12.3. The maximum Gasteiger partial charge on any atom is 0.309 e. The topological polar surface area (TPSA) is 80.1 Å². The van der Waals surface area contributed by atoms with Gasteiger partial charge in [-0.15, -0.1) is 0 Å². The van der Waals surface area contributed by atoms with Crippen molar-refractivity contribution in [1.29, 1.82) is 0 Å². The van der Waals surface area contributed by atoms with E-state index < -0.39 is 28.4 Å². The molecule has 2 aromatic heterocycles. The molecule has 0 bridgehead atoms. The van der Waals surface area contributed by atoms with Crippen molar-refractivity contribution in [2.24, 2.45) is 5.41 Å². The smallest absolute Gasteiger partial charge is 0.309 e. The van der Waals surface area contributed by atoms with E-state index in [-0.39, 0.29) is 5.92 Å². The number of H-pyrrole nitrogens is 1. The number of carbonyl (C=O) groups is 1. The number of nitrogens with zero attached hydrogens (tertiary/aromatic N) is 2. The van der Waals surface area contributed by atoms with Crippen LogP contribution in [0.5, 0.6) is 0 Å². The molecule has 0 aliphatic heterocycles. The van der Waals surface area contributed by atoms with Crippen molar-refractivity contribution in [2.75, 3.05) is 13.7 Å². The number of carboxylic acids is 1. The molecule has 190 valence electrons. The van der Waals surface area contributed by atoms with Gasteiger partial charge >= 0.3 is 5.97 Å². The molecule has 0 radical (unpaired) electrons. The van der Waals surface area contributed by atoms with Crippen molar-refractivity contribution in [3.8, 4) is 5.69 Å². The first-order valence-corrected chi connectivity index (χ1v) is 12.3. The summed E-state index contributed by atoms with van der Waals surface area (Å²) < 4.78 is 36.0. The first kappa shape index (κ1) is 24.4. The zero-order valence-electron chi connectivity index (χ0n) is 21.0. The third-order valence-electron chi connectivity index (χ3n) is 7.89. The van der Waals surface area contributed by atoms with Crippen molar-refractivity contribution in [2.45, 2.75) is 57.8 Å². The fourth-order valence-corrected chi connectivity index (χ4v) is 5.91. The molecule has 0 spiro atoms. The van der Waals surface area contributed by atoms with E-state index in [9.17, 15) is 18.7 Å². The standard InChI is InChI=1S/C28H31F2N3O3/c1-27(2,15-36-4)25-24(16-7-9-28(3,10-8-16)26(34)35)19-13-22-17(14-31-32-22)11-23(19)33(25)18-5-6-20(29)21(30)12-18/h5-6,11-14,16H,7-10,15H2,1-4H3,(H,31,32)(H,34,35). The number of carboxylic acid groups (broad SMARTS) is 1. The van der Waals surface area contributed by atoms with Crippen LogP contribution in [0.1, 0.15) is 63.6 Å². The lowest BCUT2D eigenvalue weighted by molar-refractivity contribution is -0.149. The van der Waals surface area contributed by atoms with Gasteiger partial charge in [-0.2, -0.15) is 5.10 Å². The average molecular weight is 496 g/mol. The number of nitrogens with one attached hydrogen (secondary N) is 1. The number of rotatable bonds is 6. The van der Waals surface area contributed by atoms with E-state index in [0.717, 1.165) is 52.0 Å². The summed E-state index contributed by atoms with van der Waals surface area (Å²) in [6.45, 7) is 6.41. The number of aliphatic carboxylic acids is 1. The number of ether oxygens (including phenoxy) is 1. The van der Waals surface area contributed by atoms with Gasteiger partial charge in [-0.1, -0.05) is 13.8 Å². The van der Waals surface area contributed by atoms with Crippen LogP contribution in [0.15, 0.2) is 36.5 Å². The van der Waals surface area contributed by atoms with E-state index in [0.29, 0.717) is 25.1 Å². The molecule has 0 unspecified atom stereocenters. The summed E-state index contributed by atoms with van der Waals surface area (Å²) >= 11 is 0. The number of aromatic amines is 1. The van der Waals surface area contributed by atoms with Gasteiger partial charge in [-0.25, -0.2) is 8.78 Å². The van der Waals surface area contributed by atoms with Crippen LogP contribution in [0.3, 0.4) is 0 Å². The first-order chi connectivity index (χ1) is 17.1. The van der Waals surface area contributed by atoms with E-state index in [1.54, 1.807) is 19.4 Å². The van der Waals surface area contributed by atoms with Gasteiger partial charge in [0.2, 0.25) is 0 Å². The lowest BCUT2D eigenvalue weighted by Gasteiger charge is -2.36. The minimum absolute atomic E-state index is 0.109. The molecule has 0 saturated heterocycles. The minimum atomic E-state index is -0.911. The number of hydrogen-bond acceptors (Lipinski definition) is 3. The Balaban J connectivity index is 1.82. The van der Waals surface area contributed by atoms with Crippen molar-refractivity contribution < 1.29 is 23.4 Å². The Bertz CT molecular complexity index is 1460. The largest absolute Gasteiger partial charge is 0.481 e. The van der Waals surface area contributed by atoms with Crippen molar-refractivity contribution in [3.63, 3.8) is 0 Å². The fourth-order valence-electron chi connectivity index (χ4n) is 5.91. The van der Waals surface area contributed by atoms with Gasteiger partial charge in [0.15, 0.2) is 11.6 Å². The third kappa shape index (κ3) is 3.88. The van der Waals surface area contributed by atoms with Crippen molar-refractivity contribution in [1.82, 2.24) is 14.8 Å². The molecular weight excluding hydrogens is 464 g/mol. The maximum atomic E-state index is 14.5. The number of fused-ring (bicyclic) bond motifs is 2. The second-order valence-electron chi connectivity index (χ2n) is 11.0. The molecule has 8 heteroatoms. The van der Waals surface area contributed by atoms with Crippen molar-refractivity contribution >= 4 is 27.8 Å². The average Bonchev–Trinajstić information content (AvgIpc) is 3.42.